The van der Waals surface area contributed by atoms with Gasteiger partial charge in [0.1, 0.15) is 5.75 Å². The van der Waals surface area contributed by atoms with Crippen LogP contribution in [-0.4, -0.2) is 31.1 Å². The first kappa shape index (κ1) is 15.0. The van der Waals surface area contributed by atoms with Gasteiger partial charge in [-0.05, 0) is 49.7 Å². The summed E-state index contributed by atoms with van der Waals surface area (Å²) >= 11 is 0. The smallest absolute Gasteiger partial charge is 0.220 e. The van der Waals surface area contributed by atoms with E-state index in [-0.39, 0.29) is 5.91 Å². The van der Waals surface area contributed by atoms with Crippen LogP contribution in [-0.2, 0) is 4.79 Å². The topological polar surface area (TPSA) is 50.4 Å². The minimum Gasteiger partial charge on any atom is -0.493 e. The van der Waals surface area contributed by atoms with E-state index >= 15 is 0 Å². The number of para-hydroxylation sites is 1. The van der Waals surface area contributed by atoms with E-state index < -0.39 is 0 Å². The Morgan fingerprint density at radius 2 is 1.96 bits per heavy atom. The molecule has 0 saturated carbocycles. The summed E-state index contributed by atoms with van der Waals surface area (Å²) in [7, 11) is 0. The van der Waals surface area contributed by atoms with Crippen LogP contribution in [0.3, 0.4) is 0 Å². The van der Waals surface area contributed by atoms with Gasteiger partial charge >= 0.3 is 0 Å². The molecule has 124 valence electrons. The third-order valence-electron chi connectivity index (χ3n) is 5.67. The molecule has 3 atom stereocenters. The molecule has 3 unspecified atom stereocenters. The second-order valence-electron chi connectivity index (χ2n) is 7.36. The quantitative estimate of drug-likeness (QED) is 0.898. The Balaban J connectivity index is 1.29. The van der Waals surface area contributed by atoms with Crippen LogP contribution < -0.4 is 15.4 Å². The number of benzene rings is 1. The Morgan fingerprint density at radius 3 is 2.78 bits per heavy atom. The normalized spacial score (nSPS) is 32.0. The van der Waals surface area contributed by atoms with Crippen molar-refractivity contribution >= 4 is 5.91 Å². The van der Waals surface area contributed by atoms with Gasteiger partial charge in [-0.3, -0.25) is 4.79 Å². The van der Waals surface area contributed by atoms with E-state index in [2.05, 4.69) is 16.7 Å². The van der Waals surface area contributed by atoms with Crippen LogP contribution in [0.5, 0.6) is 5.75 Å². The molecule has 1 amide bonds. The monoisotopic (exact) mass is 314 g/mol. The fourth-order valence-corrected chi connectivity index (χ4v) is 4.54. The van der Waals surface area contributed by atoms with Crippen LogP contribution >= 0.6 is 0 Å². The molecule has 23 heavy (non-hydrogen) atoms. The number of hydrogen-bond acceptors (Lipinski definition) is 3. The van der Waals surface area contributed by atoms with Gasteiger partial charge in [-0.2, -0.15) is 0 Å². The molecule has 2 fully saturated rings. The maximum Gasteiger partial charge on any atom is 0.220 e. The van der Waals surface area contributed by atoms with E-state index in [0.29, 0.717) is 30.3 Å². The van der Waals surface area contributed by atoms with Crippen LogP contribution in [0.2, 0.25) is 0 Å². The van der Waals surface area contributed by atoms with Crippen LogP contribution in [0.25, 0.3) is 0 Å². The summed E-state index contributed by atoms with van der Waals surface area (Å²) in [4.78, 5) is 12.3. The molecule has 0 aliphatic carbocycles. The molecule has 2 N–H and O–H groups in total. The first-order valence-corrected chi connectivity index (χ1v) is 9.02. The number of amides is 1. The summed E-state index contributed by atoms with van der Waals surface area (Å²) in [5.41, 5.74) is 1.24. The number of piperidine rings is 1. The van der Waals surface area contributed by atoms with E-state index in [1.165, 1.54) is 31.2 Å². The standard InChI is InChI=1S/C19H26N2O2/c22-19(11-13-9-15-5-6-16(10-13)21-15)20-12-14-7-8-23-18-4-2-1-3-17(14)18/h1-4,13-16,21H,5-12H2,(H,20,22). The summed E-state index contributed by atoms with van der Waals surface area (Å²) in [6, 6.07) is 9.52. The van der Waals surface area contributed by atoms with Gasteiger partial charge in [0, 0.05) is 31.0 Å². The Kier molecular flexibility index (Phi) is 4.25. The molecular weight excluding hydrogens is 288 g/mol. The summed E-state index contributed by atoms with van der Waals surface area (Å²) in [5, 5.41) is 6.82. The second-order valence-corrected chi connectivity index (χ2v) is 7.36. The van der Waals surface area contributed by atoms with Crippen molar-refractivity contribution in [3.8, 4) is 5.75 Å². The average Bonchev–Trinajstić information content (AvgIpc) is 2.91. The molecule has 3 heterocycles. The van der Waals surface area contributed by atoms with Gasteiger partial charge in [-0.1, -0.05) is 18.2 Å². The van der Waals surface area contributed by atoms with Crippen molar-refractivity contribution < 1.29 is 9.53 Å². The van der Waals surface area contributed by atoms with Crippen molar-refractivity contribution in [1.29, 1.82) is 0 Å². The van der Waals surface area contributed by atoms with Gasteiger partial charge < -0.3 is 15.4 Å². The number of carbonyl (C=O) groups is 1. The van der Waals surface area contributed by atoms with Crippen LogP contribution in [0, 0.1) is 5.92 Å². The van der Waals surface area contributed by atoms with E-state index in [0.717, 1.165) is 25.3 Å². The number of nitrogens with one attached hydrogen (secondary N) is 2. The predicted octanol–water partition coefficient (Wildman–Crippen LogP) is 2.59. The molecule has 4 nitrogen and oxygen atoms in total. The van der Waals surface area contributed by atoms with Crippen LogP contribution in [0.1, 0.15) is 50.0 Å². The van der Waals surface area contributed by atoms with E-state index in [9.17, 15) is 4.79 Å². The van der Waals surface area contributed by atoms with Gasteiger partial charge in [0.05, 0.1) is 6.61 Å². The lowest BCUT2D eigenvalue weighted by molar-refractivity contribution is -0.122. The van der Waals surface area contributed by atoms with E-state index in [4.69, 9.17) is 4.74 Å². The summed E-state index contributed by atoms with van der Waals surface area (Å²) < 4.78 is 5.69. The zero-order valence-electron chi connectivity index (χ0n) is 13.6. The fourth-order valence-electron chi connectivity index (χ4n) is 4.54. The molecule has 4 heteroatoms. The lowest BCUT2D eigenvalue weighted by Crippen LogP contribution is -2.40. The Morgan fingerprint density at radius 1 is 1.17 bits per heavy atom. The molecular formula is C19H26N2O2. The highest BCUT2D eigenvalue weighted by atomic mass is 16.5. The molecule has 0 spiro atoms. The van der Waals surface area contributed by atoms with Crippen molar-refractivity contribution in [3.05, 3.63) is 29.8 Å². The minimum absolute atomic E-state index is 0.222. The Labute approximate surface area is 138 Å². The first-order chi connectivity index (χ1) is 11.3. The highest BCUT2D eigenvalue weighted by Gasteiger charge is 2.34. The largest absolute Gasteiger partial charge is 0.493 e. The van der Waals surface area contributed by atoms with Gasteiger partial charge in [-0.15, -0.1) is 0 Å². The Bertz CT molecular complexity index is 562. The summed E-state index contributed by atoms with van der Waals surface area (Å²) in [6.07, 6.45) is 6.60. The lowest BCUT2D eigenvalue weighted by atomic mass is 9.89. The highest BCUT2D eigenvalue weighted by molar-refractivity contribution is 5.76. The molecule has 2 bridgehead atoms. The Hall–Kier alpha value is -1.55. The molecule has 4 rings (SSSR count). The summed E-state index contributed by atoms with van der Waals surface area (Å²) in [6.45, 7) is 1.48. The zero-order valence-corrected chi connectivity index (χ0v) is 13.6. The first-order valence-electron chi connectivity index (χ1n) is 9.02. The third kappa shape index (κ3) is 3.37. The number of ether oxygens (including phenoxy) is 1. The fraction of sp³-hybridized carbons (Fsp3) is 0.632. The SMILES string of the molecule is O=C(CC1CC2CCC(C1)N2)NCC1CCOc2ccccc21. The number of rotatable bonds is 4. The average molecular weight is 314 g/mol. The molecule has 2 saturated heterocycles. The maximum atomic E-state index is 12.3. The van der Waals surface area contributed by atoms with Crippen molar-refractivity contribution in [2.24, 2.45) is 5.92 Å². The minimum atomic E-state index is 0.222. The molecule has 1 aromatic rings. The van der Waals surface area contributed by atoms with Gasteiger partial charge in [0.15, 0.2) is 0 Å². The maximum absolute atomic E-state index is 12.3. The summed E-state index contributed by atoms with van der Waals surface area (Å²) in [5.74, 6) is 2.15. The van der Waals surface area contributed by atoms with Crippen molar-refractivity contribution in [1.82, 2.24) is 10.6 Å². The molecule has 0 aromatic heterocycles. The van der Waals surface area contributed by atoms with Gasteiger partial charge in [0.25, 0.3) is 0 Å². The number of fused-ring (bicyclic) bond motifs is 3. The molecule has 1 aromatic carbocycles. The lowest BCUT2D eigenvalue weighted by Gasteiger charge is -2.29. The van der Waals surface area contributed by atoms with Crippen molar-refractivity contribution in [2.75, 3.05) is 13.2 Å². The zero-order chi connectivity index (χ0) is 15.6. The highest BCUT2D eigenvalue weighted by Crippen LogP contribution is 2.34. The molecule has 3 aliphatic heterocycles. The third-order valence-corrected chi connectivity index (χ3v) is 5.67. The predicted molar refractivity (Wildman–Crippen MR) is 89.6 cm³/mol. The second kappa shape index (κ2) is 6.52. The van der Waals surface area contributed by atoms with Crippen LogP contribution in [0.4, 0.5) is 0 Å². The van der Waals surface area contributed by atoms with E-state index in [1.807, 2.05) is 18.2 Å². The number of carbonyl (C=O) groups excluding carboxylic acids is 1. The van der Waals surface area contributed by atoms with Gasteiger partial charge in [0.2, 0.25) is 5.91 Å². The van der Waals surface area contributed by atoms with Crippen molar-refractivity contribution in [3.63, 3.8) is 0 Å². The molecule has 3 aliphatic rings. The van der Waals surface area contributed by atoms with Gasteiger partial charge in [-0.25, -0.2) is 0 Å². The van der Waals surface area contributed by atoms with E-state index in [1.54, 1.807) is 0 Å². The number of hydrogen-bond donors (Lipinski definition) is 2. The molecule has 0 radical (unpaired) electrons. The van der Waals surface area contributed by atoms with Crippen molar-refractivity contribution in [2.45, 2.75) is 56.5 Å². The van der Waals surface area contributed by atoms with Crippen LogP contribution in [0.15, 0.2) is 24.3 Å².